The van der Waals surface area contributed by atoms with Crippen LogP contribution in [0.25, 0.3) is 0 Å². The lowest BCUT2D eigenvalue weighted by molar-refractivity contribution is 0.197. The monoisotopic (exact) mass is 224 g/mol. The third kappa shape index (κ3) is 2.96. The first-order chi connectivity index (χ1) is 7.69. The minimum Gasteiger partial charge on any atom is -0.385 e. The molecule has 0 aliphatic carbocycles. The molecule has 1 aromatic heterocycles. The molecule has 1 aromatic rings. The molecule has 0 fully saturated rings. The maximum atomic E-state index is 11.2. The number of rotatable bonds is 5. The van der Waals surface area contributed by atoms with E-state index in [1.807, 2.05) is 4.98 Å². The SMILES string of the molecule is COCCCNc1[nH]c(=O)[nH]c(=O)c1C#N. The summed E-state index contributed by atoms with van der Waals surface area (Å²) in [5.74, 6) is 0.146. The zero-order chi connectivity index (χ0) is 12.0. The molecule has 0 unspecified atom stereocenters. The summed E-state index contributed by atoms with van der Waals surface area (Å²) in [6.07, 6.45) is 0.705. The summed E-state index contributed by atoms with van der Waals surface area (Å²) < 4.78 is 4.84. The number of anilines is 1. The Bertz CT molecular complexity index is 497. The Morgan fingerprint density at radius 3 is 2.81 bits per heavy atom. The maximum Gasteiger partial charge on any atom is 0.327 e. The predicted octanol–water partition coefficient (Wildman–Crippen LogP) is -0.617. The second kappa shape index (κ2) is 5.72. The van der Waals surface area contributed by atoms with Crippen molar-refractivity contribution in [2.24, 2.45) is 0 Å². The number of nitriles is 1. The summed E-state index contributed by atoms with van der Waals surface area (Å²) in [5.41, 5.74) is -1.46. The minimum atomic E-state index is -0.694. The fourth-order valence-electron chi connectivity index (χ4n) is 1.16. The first-order valence-electron chi connectivity index (χ1n) is 4.68. The van der Waals surface area contributed by atoms with Crippen molar-refractivity contribution in [2.45, 2.75) is 6.42 Å². The second-order valence-electron chi connectivity index (χ2n) is 3.04. The highest BCUT2D eigenvalue weighted by atomic mass is 16.5. The molecule has 0 aliphatic rings. The lowest BCUT2D eigenvalue weighted by atomic mass is 10.3. The van der Waals surface area contributed by atoms with Crippen LogP contribution in [0, 0.1) is 11.3 Å². The summed E-state index contributed by atoms with van der Waals surface area (Å²) in [7, 11) is 1.58. The number of aromatic amines is 2. The van der Waals surface area contributed by atoms with E-state index in [1.165, 1.54) is 0 Å². The molecule has 0 radical (unpaired) electrons. The van der Waals surface area contributed by atoms with Crippen molar-refractivity contribution in [2.75, 3.05) is 25.6 Å². The number of aromatic nitrogens is 2. The van der Waals surface area contributed by atoms with E-state index in [1.54, 1.807) is 13.2 Å². The molecule has 0 aliphatic heterocycles. The highest BCUT2D eigenvalue weighted by Crippen LogP contribution is 2.02. The van der Waals surface area contributed by atoms with Gasteiger partial charge in [-0.2, -0.15) is 5.26 Å². The number of nitrogens with zero attached hydrogens (tertiary/aromatic N) is 1. The van der Waals surface area contributed by atoms with Gasteiger partial charge in [0.1, 0.15) is 11.9 Å². The van der Waals surface area contributed by atoms with Crippen LogP contribution in [-0.2, 0) is 4.74 Å². The van der Waals surface area contributed by atoms with Crippen molar-refractivity contribution in [3.05, 3.63) is 26.4 Å². The number of hydrogen-bond acceptors (Lipinski definition) is 5. The van der Waals surface area contributed by atoms with E-state index in [0.29, 0.717) is 19.6 Å². The minimum absolute atomic E-state index is 0.128. The Labute approximate surface area is 91.1 Å². The van der Waals surface area contributed by atoms with Crippen LogP contribution >= 0.6 is 0 Å². The maximum absolute atomic E-state index is 11.2. The quantitative estimate of drug-likeness (QED) is 0.577. The molecule has 1 rings (SSSR count). The largest absolute Gasteiger partial charge is 0.385 e. The van der Waals surface area contributed by atoms with Crippen molar-refractivity contribution in [1.82, 2.24) is 9.97 Å². The third-order valence-corrected chi connectivity index (χ3v) is 1.88. The molecule has 0 bridgehead atoms. The van der Waals surface area contributed by atoms with E-state index in [9.17, 15) is 9.59 Å². The van der Waals surface area contributed by atoms with Gasteiger partial charge in [0.25, 0.3) is 5.56 Å². The first-order valence-corrected chi connectivity index (χ1v) is 4.68. The molecule has 0 amide bonds. The molecule has 86 valence electrons. The van der Waals surface area contributed by atoms with E-state index in [2.05, 4.69) is 10.3 Å². The molecule has 0 aromatic carbocycles. The zero-order valence-electron chi connectivity index (χ0n) is 8.79. The van der Waals surface area contributed by atoms with E-state index in [4.69, 9.17) is 10.00 Å². The van der Waals surface area contributed by atoms with Gasteiger partial charge in [0, 0.05) is 20.3 Å². The summed E-state index contributed by atoms with van der Waals surface area (Å²) in [4.78, 5) is 26.5. The highest BCUT2D eigenvalue weighted by Gasteiger charge is 2.07. The molecule has 0 atom stereocenters. The average Bonchev–Trinajstić information content (AvgIpc) is 2.24. The number of methoxy groups -OCH3 is 1. The van der Waals surface area contributed by atoms with E-state index < -0.39 is 11.2 Å². The van der Waals surface area contributed by atoms with Crippen molar-refractivity contribution < 1.29 is 4.74 Å². The van der Waals surface area contributed by atoms with Crippen LogP contribution in [0.15, 0.2) is 9.59 Å². The fraction of sp³-hybridized carbons (Fsp3) is 0.444. The number of hydrogen-bond donors (Lipinski definition) is 3. The molecule has 0 spiro atoms. The summed E-state index contributed by atoms with van der Waals surface area (Å²) in [6.45, 7) is 1.06. The van der Waals surface area contributed by atoms with Crippen LogP contribution in [0.2, 0.25) is 0 Å². The van der Waals surface area contributed by atoms with Gasteiger partial charge in [-0.25, -0.2) is 4.79 Å². The van der Waals surface area contributed by atoms with Crippen molar-refractivity contribution in [3.8, 4) is 6.07 Å². The normalized spacial score (nSPS) is 9.75. The molecule has 3 N–H and O–H groups in total. The lowest BCUT2D eigenvalue weighted by Gasteiger charge is -2.05. The summed E-state index contributed by atoms with van der Waals surface area (Å²) >= 11 is 0. The lowest BCUT2D eigenvalue weighted by Crippen LogP contribution is -2.27. The molecule has 7 heteroatoms. The summed E-state index contributed by atoms with van der Waals surface area (Å²) in [5, 5.41) is 11.5. The van der Waals surface area contributed by atoms with Crippen LogP contribution in [0.4, 0.5) is 5.82 Å². The Kier molecular flexibility index (Phi) is 4.29. The Balaban J connectivity index is 2.83. The van der Waals surface area contributed by atoms with Gasteiger partial charge in [-0.1, -0.05) is 0 Å². The standard InChI is InChI=1S/C9H12N4O3/c1-16-4-2-3-11-7-6(5-10)8(14)13-9(15)12-7/h2-4H2,1H3,(H3,11,12,13,14,15). The third-order valence-electron chi connectivity index (χ3n) is 1.88. The molecule has 0 saturated carbocycles. The Hall–Kier alpha value is -2.07. The fourth-order valence-corrected chi connectivity index (χ4v) is 1.16. The van der Waals surface area contributed by atoms with Gasteiger partial charge in [0.2, 0.25) is 0 Å². The van der Waals surface area contributed by atoms with Crippen LogP contribution in [0.3, 0.4) is 0 Å². The molecule has 7 nitrogen and oxygen atoms in total. The van der Waals surface area contributed by atoms with Gasteiger partial charge >= 0.3 is 5.69 Å². The smallest absolute Gasteiger partial charge is 0.327 e. The van der Waals surface area contributed by atoms with Gasteiger partial charge in [0.05, 0.1) is 0 Å². The van der Waals surface area contributed by atoms with Crippen LogP contribution in [-0.4, -0.2) is 30.2 Å². The zero-order valence-corrected chi connectivity index (χ0v) is 8.79. The van der Waals surface area contributed by atoms with Gasteiger partial charge in [0.15, 0.2) is 5.56 Å². The van der Waals surface area contributed by atoms with Crippen LogP contribution < -0.4 is 16.6 Å². The average molecular weight is 224 g/mol. The van der Waals surface area contributed by atoms with Crippen LogP contribution in [0.5, 0.6) is 0 Å². The Morgan fingerprint density at radius 1 is 1.44 bits per heavy atom. The molecular weight excluding hydrogens is 212 g/mol. The van der Waals surface area contributed by atoms with Gasteiger partial charge in [-0.15, -0.1) is 0 Å². The number of H-pyrrole nitrogens is 2. The van der Waals surface area contributed by atoms with Gasteiger partial charge in [-0.3, -0.25) is 14.8 Å². The number of nitrogens with one attached hydrogen (secondary N) is 3. The second-order valence-corrected chi connectivity index (χ2v) is 3.04. The van der Waals surface area contributed by atoms with E-state index in [0.717, 1.165) is 0 Å². The van der Waals surface area contributed by atoms with Crippen molar-refractivity contribution in [3.63, 3.8) is 0 Å². The first kappa shape index (κ1) is 12.0. The summed E-state index contributed by atoms with van der Waals surface area (Å²) in [6, 6.07) is 1.72. The van der Waals surface area contributed by atoms with Gasteiger partial charge in [-0.05, 0) is 6.42 Å². The van der Waals surface area contributed by atoms with E-state index >= 15 is 0 Å². The van der Waals surface area contributed by atoms with Gasteiger partial charge < -0.3 is 10.1 Å². The molecule has 1 heterocycles. The predicted molar refractivity (Wildman–Crippen MR) is 57.4 cm³/mol. The topological polar surface area (TPSA) is 111 Å². The molecule has 16 heavy (non-hydrogen) atoms. The highest BCUT2D eigenvalue weighted by molar-refractivity contribution is 5.49. The Morgan fingerprint density at radius 2 is 2.19 bits per heavy atom. The van der Waals surface area contributed by atoms with Crippen LogP contribution in [0.1, 0.15) is 12.0 Å². The molecule has 0 saturated heterocycles. The van der Waals surface area contributed by atoms with Crippen molar-refractivity contribution in [1.29, 1.82) is 5.26 Å². The molecular formula is C9H12N4O3. The van der Waals surface area contributed by atoms with Crippen molar-refractivity contribution >= 4 is 5.82 Å². The number of ether oxygens (including phenoxy) is 1. The van der Waals surface area contributed by atoms with E-state index in [-0.39, 0.29) is 11.4 Å².